The third-order valence-corrected chi connectivity index (χ3v) is 3.26. The Balaban J connectivity index is 1.89. The van der Waals surface area contributed by atoms with E-state index in [0.29, 0.717) is 0 Å². The number of ether oxygens (including phenoxy) is 1. The zero-order valence-corrected chi connectivity index (χ0v) is 13.2. The first-order chi connectivity index (χ1) is 11.4. The van der Waals surface area contributed by atoms with Gasteiger partial charge in [0.2, 0.25) is 0 Å². The zero-order valence-electron chi connectivity index (χ0n) is 13.2. The fourth-order valence-electron chi connectivity index (χ4n) is 1.87. The smallest absolute Gasteiger partial charge is 0.359 e. The van der Waals surface area contributed by atoms with Crippen LogP contribution in [0.4, 0.5) is 4.39 Å². The van der Waals surface area contributed by atoms with Gasteiger partial charge in [-0.15, -0.1) is 0 Å². The van der Waals surface area contributed by atoms with Crippen molar-refractivity contribution in [2.45, 2.75) is 6.54 Å². The summed E-state index contributed by atoms with van der Waals surface area (Å²) in [6, 6.07) is 8.17. The van der Waals surface area contributed by atoms with E-state index in [1.807, 2.05) is 0 Å². The Hall–Kier alpha value is -3.03. The largest absolute Gasteiger partial charge is 0.451 e. The molecule has 24 heavy (non-hydrogen) atoms. The fourth-order valence-corrected chi connectivity index (χ4v) is 1.87. The number of hydrogen-bond donors (Lipinski definition) is 0. The molecule has 0 aliphatic heterocycles. The molecule has 0 radical (unpaired) electrons. The topological polar surface area (TPSA) is 81.5 Å². The van der Waals surface area contributed by atoms with E-state index < -0.39 is 18.5 Å². The number of nitrogens with zero attached hydrogens (tertiary/aromatic N) is 3. The van der Waals surface area contributed by atoms with Crippen LogP contribution in [0.5, 0.6) is 0 Å². The van der Waals surface area contributed by atoms with Crippen LogP contribution in [0, 0.1) is 5.82 Å². The first-order valence-electron chi connectivity index (χ1n) is 7.06. The fraction of sp³-hybridized carbons (Fsp3) is 0.250. The van der Waals surface area contributed by atoms with Crippen molar-refractivity contribution in [3.05, 3.63) is 63.8 Å². The van der Waals surface area contributed by atoms with Crippen molar-refractivity contribution >= 4 is 11.9 Å². The molecule has 1 amide bonds. The number of rotatable bonds is 5. The summed E-state index contributed by atoms with van der Waals surface area (Å²) in [5.41, 5.74) is 0.325. The highest BCUT2D eigenvalue weighted by Gasteiger charge is 2.15. The molecule has 0 N–H and O–H groups in total. The molecule has 0 aliphatic rings. The second-order valence-electron chi connectivity index (χ2n) is 5.13. The highest BCUT2D eigenvalue weighted by molar-refractivity contribution is 5.89. The van der Waals surface area contributed by atoms with Crippen LogP contribution in [0.2, 0.25) is 0 Å². The molecule has 8 heteroatoms. The van der Waals surface area contributed by atoms with Crippen molar-refractivity contribution in [1.82, 2.24) is 14.7 Å². The molecule has 2 aromatic rings. The van der Waals surface area contributed by atoms with Crippen LogP contribution < -0.4 is 5.56 Å². The van der Waals surface area contributed by atoms with E-state index in [9.17, 15) is 18.8 Å². The molecule has 0 aliphatic carbocycles. The van der Waals surface area contributed by atoms with E-state index in [4.69, 9.17) is 4.74 Å². The first-order valence-corrected chi connectivity index (χ1v) is 7.06. The standard InChI is InChI=1S/C16H16FN3O4/c1-19(9-11-3-5-12(17)6-4-11)15(22)10-24-16(23)13-7-8-14(21)20(2)18-13/h3-8H,9-10H2,1-2H3. The van der Waals surface area contributed by atoms with Crippen molar-refractivity contribution < 1.29 is 18.7 Å². The van der Waals surface area contributed by atoms with Gasteiger partial charge in [0.1, 0.15) is 5.82 Å². The summed E-state index contributed by atoms with van der Waals surface area (Å²) < 4.78 is 18.7. The molecule has 126 valence electrons. The molecule has 1 heterocycles. The van der Waals surface area contributed by atoms with Crippen molar-refractivity contribution in [2.24, 2.45) is 7.05 Å². The average Bonchev–Trinajstić information content (AvgIpc) is 2.56. The minimum absolute atomic E-state index is 0.0638. The number of aryl methyl sites for hydroxylation is 1. The SMILES string of the molecule is CN(Cc1ccc(F)cc1)C(=O)COC(=O)c1ccc(=O)n(C)n1. The van der Waals surface area contributed by atoms with Crippen molar-refractivity contribution in [3.63, 3.8) is 0 Å². The van der Waals surface area contributed by atoms with Crippen molar-refractivity contribution in [1.29, 1.82) is 0 Å². The maximum Gasteiger partial charge on any atom is 0.359 e. The molecule has 0 atom stereocenters. The number of amides is 1. The maximum absolute atomic E-state index is 12.8. The van der Waals surface area contributed by atoms with Gasteiger partial charge in [0, 0.05) is 26.7 Å². The lowest BCUT2D eigenvalue weighted by molar-refractivity contribution is -0.133. The molecular weight excluding hydrogens is 317 g/mol. The molecular formula is C16H16FN3O4. The van der Waals surface area contributed by atoms with Gasteiger partial charge in [0.15, 0.2) is 12.3 Å². The molecule has 0 saturated carbocycles. The highest BCUT2D eigenvalue weighted by Crippen LogP contribution is 2.06. The van der Waals surface area contributed by atoms with E-state index in [2.05, 4.69) is 5.10 Å². The lowest BCUT2D eigenvalue weighted by Gasteiger charge is -2.17. The van der Waals surface area contributed by atoms with Gasteiger partial charge in [0.25, 0.3) is 11.5 Å². The Kier molecular flexibility index (Phi) is 5.41. The monoisotopic (exact) mass is 333 g/mol. The number of likely N-dealkylation sites (N-methyl/N-ethyl adjacent to an activating group) is 1. The van der Waals surface area contributed by atoms with Crippen LogP contribution in [-0.4, -0.2) is 40.2 Å². The van der Waals surface area contributed by atoms with Crippen LogP contribution in [-0.2, 0) is 23.1 Å². The third kappa shape index (κ3) is 4.48. The van der Waals surface area contributed by atoms with Crippen LogP contribution in [0.3, 0.4) is 0 Å². The molecule has 0 bridgehead atoms. The Bertz CT molecular complexity index is 802. The summed E-state index contributed by atoms with van der Waals surface area (Å²) in [5.74, 6) is -1.57. The normalized spacial score (nSPS) is 10.3. The molecule has 1 aromatic heterocycles. The van der Waals surface area contributed by atoms with Crippen molar-refractivity contribution in [2.75, 3.05) is 13.7 Å². The lowest BCUT2D eigenvalue weighted by atomic mass is 10.2. The van der Waals surface area contributed by atoms with Gasteiger partial charge in [-0.1, -0.05) is 12.1 Å². The van der Waals surface area contributed by atoms with E-state index in [-0.39, 0.29) is 23.6 Å². The molecule has 0 spiro atoms. The summed E-state index contributed by atoms with van der Waals surface area (Å²) in [6.07, 6.45) is 0. The first kappa shape index (κ1) is 17.3. The van der Waals surface area contributed by atoms with E-state index in [0.717, 1.165) is 10.2 Å². The van der Waals surface area contributed by atoms with E-state index >= 15 is 0 Å². The van der Waals surface area contributed by atoms with Gasteiger partial charge < -0.3 is 9.64 Å². The van der Waals surface area contributed by atoms with Crippen LogP contribution in [0.1, 0.15) is 16.1 Å². The molecule has 0 fully saturated rings. The minimum atomic E-state index is -0.797. The minimum Gasteiger partial charge on any atom is -0.451 e. The zero-order chi connectivity index (χ0) is 17.7. The third-order valence-electron chi connectivity index (χ3n) is 3.26. The quantitative estimate of drug-likeness (QED) is 0.754. The second-order valence-corrected chi connectivity index (χ2v) is 5.13. The van der Waals surface area contributed by atoms with Gasteiger partial charge in [0.05, 0.1) is 0 Å². The van der Waals surface area contributed by atoms with Gasteiger partial charge in [-0.2, -0.15) is 5.10 Å². The number of esters is 1. The Morgan fingerprint density at radius 3 is 2.50 bits per heavy atom. The lowest BCUT2D eigenvalue weighted by Crippen LogP contribution is -2.31. The molecule has 1 aromatic carbocycles. The van der Waals surface area contributed by atoms with Crippen LogP contribution >= 0.6 is 0 Å². The Morgan fingerprint density at radius 2 is 1.88 bits per heavy atom. The van der Waals surface area contributed by atoms with E-state index in [1.54, 1.807) is 19.2 Å². The summed E-state index contributed by atoms with van der Waals surface area (Å²) >= 11 is 0. The predicted molar refractivity (Wildman–Crippen MR) is 82.6 cm³/mol. The number of carbonyl (C=O) groups excluding carboxylic acids is 2. The van der Waals surface area contributed by atoms with Gasteiger partial charge in [-0.05, 0) is 23.8 Å². The summed E-state index contributed by atoms with van der Waals surface area (Å²) in [6.45, 7) is -0.199. The number of carbonyl (C=O) groups is 2. The molecule has 2 rings (SSSR count). The number of hydrogen-bond acceptors (Lipinski definition) is 5. The van der Waals surface area contributed by atoms with Crippen LogP contribution in [0.25, 0.3) is 0 Å². The maximum atomic E-state index is 12.8. The van der Waals surface area contributed by atoms with Crippen molar-refractivity contribution in [3.8, 4) is 0 Å². The highest BCUT2D eigenvalue weighted by atomic mass is 19.1. The van der Waals surface area contributed by atoms with Gasteiger partial charge >= 0.3 is 5.97 Å². The summed E-state index contributed by atoms with van der Waals surface area (Å²) in [4.78, 5) is 36.4. The number of aromatic nitrogens is 2. The average molecular weight is 333 g/mol. The molecule has 0 saturated heterocycles. The second kappa shape index (κ2) is 7.49. The van der Waals surface area contributed by atoms with E-state index in [1.165, 1.54) is 36.2 Å². The summed E-state index contributed by atoms with van der Waals surface area (Å²) in [5, 5.41) is 3.74. The van der Waals surface area contributed by atoms with Gasteiger partial charge in [-0.25, -0.2) is 13.9 Å². The van der Waals surface area contributed by atoms with Gasteiger partial charge in [-0.3, -0.25) is 9.59 Å². The Labute approximate surface area is 137 Å². The Morgan fingerprint density at radius 1 is 1.21 bits per heavy atom. The number of benzene rings is 1. The molecule has 7 nitrogen and oxygen atoms in total. The summed E-state index contributed by atoms with van der Waals surface area (Å²) in [7, 11) is 2.95. The number of halogens is 1. The predicted octanol–water partition coefficient (Wildman–Crippen LogP) is 0.735. The van der Waals surface area contributed by atoms with Crippen LogP contribution in [0.15, 0.2) is 41.2 Å². The molecule has 0 unspecified atom stereocenters.